The van der Waals surface area contributed by atoms with Crippen LogP contribution in [0.15, 0.2) is 18.2 Å². The van der Waals surface area contributed by atoms with Gasteiger partial charge in [0.15, 0.2) is 0 Å². The Kier molecular flexibility index (Phi) is 7.13. The number of rotatable bonds is 7. The van der Waals surface area contributed by atoms with Crippen LogP contribution in [0.5, 0.6) is 5.75 Å². The fraction of sp³-hybridized carbons (Fsp3) is 0.500. The van der Waals surface area contributed by atoms with E-state index in [2.05, 4.69) is 5.32 Å². The highest BCUT2D eigenvalue weighted by atomic mass is 35.5. The summed E-state index contributed by atoms with van der Waals surface area (Å²) >= 11 is 11.8. The molecule has 112 valence electrons. The van der Waals surface area contributed by atoms with Crippen molar-refractivity contribution in [3.63, 3.8) is 0 Å². The first-order valence-corrected chi connectivity index (χ1v) is 7.10. The first-order valence-electron chi connectivity index (χ1n) is 6.34. The molecule has 1 atom stereocenters. The summed E-state index contributed by atoms with van der Waals surface area (Å²) in [5.41, 5.74) is 0. The molecule has 1 aromatic rings. The molecule has 4 nitrogen and oxygen atoms in total. The van der Waals surface area contributed by atoms with Gasteiger partial charge in [-0.2, -0.15) is 0 Å². The van der Waals surface area contributed by atoms with E-state index in [0.717, 1.165) is 0 Å². The minimum atomic E-state index is -0.343. The average Bonchev–Trinajstić information content (AvgIpc) is 2.39. The number of carbonyl (C=O) groups is 1. The fourth-order valence-electron chi connectivity index (χ4n) is 1.69. The zero-order valence-electron chi connectivity index (χ0n) is 11.8. The van der Waals surface area contributed by atoms with E-state index in [1.54, 1.807) is 18.2 Å². The highest BCUT2D eigenvalue weighted by Gasteiger charge is 2.21. The van der Waals surface area contributed by atoms with E-state index < -0.39 is 0 Å². The van der Waals surface area contributed by atoms with E-state index in [-0.39, 0.29) is 17.9 Å². The normalized spacial score (nSPS) is 12.3. The van der Waals surface area contributed by atoms with Crippen molar-refractivity contribution in [2.45, 2.75) is 19.9 Å². The number of nitrogens with one attached hydrogen (secondary N) is 1. The monoisotopic (exact) mass is 319 g/mol. The molecule has 1 aromatic carbocycles. The molecule has 0 saturated heterocycles. The lowest BCUT2D eigenvalue weighted by atomic mass is 10.1. The van der Waals surface area contributed by atoms with Crippen molar-refractivity contribution in [3.05, 3.63) is 28.2 Å². The Balaban J connectivity index is 2.42. The van der Waals surface area contributed by atoms with Crippen molar-refractivity contribution in [3.8, 4) is 5.75 Å². The lowest BCUT2D eigenvalue weighted by Crippen LogP contribution is -2.43. The minimum absolute atomic E-state index is 0.140. The van der Waals surface area contributed by atoms with Gasteiger partial charge in [-0.1, -0.05) is 37.0 Å². The lowest BCUT2D eigenvalue weighted by Gasteiger charge is -2.20. The average molecular weight is 320 g/mol. The van der Waals surface area contributed by atoms with Gasteiger partial charge < -0.3 is 14.8 Å². The molecule has 1 rings (SSSR count). The van der Waals surface area contributed by atoms with E-state index >= 15 is 0 Å². The number of hydrogen-bond donors (Lipinski definition) is 1. The maximum atomic E-state index is 11.5. The second-order valence-corrected chi connectivity index (χ2v) is 5.47. The summed E-state index contributed by atoms with van der Waals surface area (Å²) < 4.78 is 10.3. The van der Waals surface area contributed by atoms with E-state index in [1.165, 1.54) is 7.11 Å². The Hall–Kier alpha value is -0.970. The van der Waals surface area contributed by atoms with E-state index in [4.69, 9.17) is 32.7 Å². The van der Waals surface area contributed by atoms with Gasteiger partial charge in [-0.25, -0.2) is 0 Å². The van der Waals surface area contributed by atoms with Crippen LogP contribution in [0.3, 0.4) is 0 Å². The maximum Gasteiger partial charge on any atom is 0.323 e. The van der Waals surface area contributed by atoms with Crippen LogP contribution < -0.4 is 10.1 Å². The summed E-state index contributed by atoms with van der Waals surface area (Å²) in [4.78, 5) is 11.5. The van der Waals surface area contributed by atoms with Crippen molar-refractivity contribution >= 4 is 29.2 Å². The summed E-state index contributed by atoms with van der Waals surface area (Å²) in [6, 6.07) is 4.70. The Labute approximate surface area is 129 Å². The van der Waals surface area contributed by atoms with Gasteiger partial charge in [-0.05, 0) is 24.1 Å². The highest BCUT2D eigenvalue weighted by molar-refractivity contribution is 6.35. The zero-order valence-corrected chi connectivity index (χ0v) is 13.3. The largest absolute Gasteiger partial charge is 0.491 e. The summed E-state index contributed by atoms with van der Waals surface area (Å²) in [6.45, 7) is 4.80. The Morgan fingerprint density at radius 1 is 1.35 bits per heavy atom. The summed E-state index contributed by atoms with van der Waals surface area (Å²) in [6.07, 6.45) is 0. The number of methoxy groups -OCH3 is 1. The predicted octanol–water partition coefficient (Wildman–Crippen LogP) is 3.16. The molecule has 0 saturated carbocycles. The number of halogens is 2. The standard InChI is InChI=1S/C14H19Cl2NO3/c1-9(2)13(14(18)19-3)17-6-7-20-12-5-4-10(15)8-11(12)16/h4-5,8-9,13,17H,6-7H2,1-3H3. The SMILES string of the molecule is COC(=O)C(NCCOc1ccc(Cl)cc1Cl)C(C)C. The summed E-state index contributed by atoms with van der Waals surface area (Å²) in [5, 5.41) is 4.13. The van der Waals surface area contributed by atoms with Crippen LogP contribution in [-0.2, 0) is 9.53 Å². The van der Waals surface area contributed by atoms with Crippen molar-refractivity contribution < 1.29 is 14.3 Å². The van der Waals surface area contributed by atoms with Crippen LogP contribution >= 0.6 is 23.2 Å². The molecule has 0 spiro atoms. The van der Waals surface area contributed by atoms with Crippen LogP contribution in [0.2, 0.25) is 10.0 Å². The van der Waals surface area contributed by atoms with Gasteiger partial charge >= 0.3 is 5.97 Å². The third kappa shape index (κ3) is 5.19. The first kappa shape index (κ1) is 17.1. The number of ether oxygens (including phenoxy) is 2. The van der Waals surface area contributed by atoms with Gasteiger partial charge in [0.2, 0.25) is 0 Å². The number of hydrogen-bond acceptors (Lipinski definition) is 4. The molecule has 0 aromatic heterocycles. The topological polar surface area (TPSA) is 47.6 Å². The number of esters is 1. The molecule has 0 amide bonds. The summed E-state index contributed by atoms with van der Waals surface area (Å²) in [7, 11) is 1.38. The molecule has 0 aliphatic heterocycles. The van der Waals surface area contributed by atoms with Crippen LogP contribution in [0.4, 0.5) is 0 Å². The number of carbonyl (C=O) groups excluding carboxylic acids is 1. The van der Waals surface area contributed by atoms with Gasteiger partial charge in [-0.15, -0.1) is 0 Å². The Morgan fingerprint density at radius 2 is 2.05 bits per heavy atom. The molecule has 1 unspecified atom stereocenters. The molecular weight excluding hydrogens is 301 g/mol. The molecule has 0 aliphatic rings. The third-order valence-corrected chi connectivity index (χ3v) is 3.27. The zero-order chi connectivity index (χ0) is 15.1. The second-order valence-electron chi connectivity index (χ2n) is 4.62. The molecule has 1 N–H and O–H groups in total. The minimum Gasteiger partial charge on any atom is -0.491 e. The molecule has 6 heteroatoms. The van der Waals surface area contributed by atoms with Crippen LogP contribution in [0, 0.1) is 5.92 Å². The van der Waals surface area contributed by atoms with E-state index in [9.17, 15) is 4.79 Å². The van der Waals surface area contributed by atoms with Crippen LogP contribution in [-0.4, -0.2) is 32.3 Å². The van der Waals surface area contributed by atoms with Gasteiger partial charge in [0.25, 0.3) is 0 Å². The molecule has 0 aliphatic carbocycles. The Bertz CT molecular complexity index is 452. The maximum absolute atomic E-state index is 11.5. The molecule has 0 fully saturated rings. The van der Waals surface area contributed by atoms with Crippen LogP contribution in [0.25, 0.3) is 0 Å². The fourth-order valence-corrected chi connectivity index (χ4v) is 2.15. The van der Waals surface area contributed by atoms with E-state index in [1.807, 2.05) is 13.8 Å². The number of benzene rings is 1. The van der Waals surface area contributed by atoms with Crippen molar-refractivity contribution in [2.75, 3.05) is 20.3 Å². The molecular formula is C14H19Cl2NO3. The Morgan fingerprint density at radius 3 is 2.60 bits per heavy atom. The smallest absolute Gasteiger partial charge is 0.323 e. The van der Waals surface area contributed by atoms with E-state index in [0.29, 0.717) is 28.9 Å². The second kappa shape index (κ2) is 8.35. The van der Waals surface area contributed by atoms with Crippen molar-refractivity contribution in [1.29, 1.82) is 0 Å². The van der Waals surface area contributed by atoms with Gasteiger partial charge in [0.05, 0.1) is 12.1 Å². The van der Waals surface area contributed by atoms with Crippen molar-refractivity contribution in [1.82, 2.24) is 5.32 Å². The van der Waals surface area contributed by atoms with Gasteiger partial charge in [-0.3, -0.25) is 4.79 Å². The first-order chi connectivity index (χ1) is 9.45. The quantitative estimate of drug-likeness (QED) is 0.619. The highest BCUT2D eigenvalue weighted by Crippen LogP contribution is 2.27. The molecule has 0 heterocycles. The lowest BCUT2D eigenvalue weighted by molar-refractivity contribution is -0.144. The summed E-state index contributed by atoms with van der Waals surface area (Å²) in [5.74, 6) is 0.433. The molecule has 0 radical (unpaired) electrons. The van der Waals surface area contributed by atoms with Gasteiger partial charge in [0.1, 0.15) is 18.4 Å². The van der Waals surface area contributed by atoms with Crippen LogP contribution in [0.1, 0.15) is 13.8 Å². The third-order valence-electron chi connectivity index (χ3n) is 2.74. The van der Waals surface area contributed by atoms with Gasteiger partial charge in [0, 0.05) is 11.6 Å². The molecule has 0 bridgehead atoms. The molecule has 20 heavy (non-hydrogen) atoms. The predicted molar refractivity (Wildman–Crippen MR) is 80.6 cm³/mol. The van der Waals surface area contributed by atoms with Crippen molar-refractivity contribution in [2.24, 2.45) is 5.92 Å².